The number of rotatable bonds is 5. The molecule has 0 fully saturated rings. The molecule has 0 aliphatic heterocycles. The molecule has 0 unspecified atom stereocenters. The molecule has 10 heteroatoms. The Kier molecular flexibility index (Phi) is 3.91. The fourth-order valence-corrected chi connectivity index (χ4v) is 3.11. The number of anilines is 1. The number of hydrogen-bond donors (Lipinski definition) is 2. The minimum atomic E-state index is -4.06. The van der Waals surface area contributed by atoms with Crippen molar-refractivity contribution < 1.29 is 13.3 Å². The van der Waals surface area contributed by atoms with Crippen molar-refractivity contribution in [1.82, 2.24) is 14.3 Å². The Morgan fingerprint density at radius 2 is 2.19 bits per heavy atom. The molecule has 2 aromatic rings. The summed E-state index contributed by atoms with van der Waals surface area (Å²) in [5.74, 6) is 0.424. The second-order valence-electron chi connectivity index (χ2n) is 4.25. The summed E-state index contributed by atoms with van der Waals surface area (Å²) < 4.78 is 25.9. The number of nitrogens with two attached hydrogens (primary N) is 1. The van der Waals surface area contributed by atoms with Gasteiger partial charge in [-0.3, -0.25) is 10.1 Å². The highest BCUT2D eigenvalue weighted by Crippen LogP contribution is 2.31. The van der Waals surface area contributed by atoms with Gasteiger partial charge in [0.25, 0.3) is 0 Å². The summed E-state index contributed by atoms with van der Waals surface area (Å²) in [5.41, 5.74) is 4.69. The number of nitro groups is 1. The van der Waals surface area contributed by atoms with Crippen LogP contribution in [0, 0.1) is 10.1 Å². The standard InChI is InChI=1S/C11H13N5O4S/c1-15(7-10-13-5-6-14-10)21(19,20)9-4-2-3-8(12)11(9)16(17)18/h2-6H,7,12H2,1H3,(H,13,14). The van der Waals surface area contributed by atoms with Gasteiger partial charge in [-0.1, -0.05) is 6.07 Å². The van der Waals surface area contributed by atoms with Gasteiger partial charge in [-0.2, -0.15) is 4.31 Å². The first-order valence-electron chi connectivity index (χ1n) is 5.81. The van der Waals surface area contributed by atoms with E-state index in [1.165, 1.54) is 25.4 Å². The molecule has 0 aliphatic carbocycles. The Balaban J connectivity index is 2.44. The number of nitrogen functional groups attached to an aromatic ring is 1. The van der Waals surface area contributed by atoms with E-state index in [0.717, 1.165) is 10.4 Å². The molecule has 0 bridgehead atoms. The molecule has 0 amide bonds. The average molecular weight is 311 g/mol. The van der Waals surface area contributed by atoms with Crippen LogP contribution in [0.2, 0.25) is 0 Å². The fourth-order valence-electron chi connectivity index (χ4n) is 1.79. The van der Waals surface area contributed by atoms with E-state index in [0.29, 0.717) is 5.82 Å². The monoisotopic (exact) mass is 311 g/mol. The third kappa shape index (κ3) is 2.85. The molecule has 0 saturated heterocycles. The van der Waals surface area contributed by atoms with Gasteiger partial charge in [-0.15, -0.1) is 0 Å². The van der Waals surface area contributed by atoms with Crippen LogP contribution in [0.5, 0.6) is 0 Å². The number of para-hydroxylation sites is 1. The number of nitro benzene ring substituents is 1. The molecule has 21 heavy (non-hydrogen) atoms. The number of nitrogens with one attached hydrogen (secondary N) is 1. The van der Waals surface area contributed by atoms with E-state index >= 15 is 0 Å². The smallest absolute Gasteiger partial charge is 0.312 e. The van der Waals surface area contributed by atoms with Crippen LogP contribution in [-0.4, -0.2) is 34.7 Å². The Hall–Kier alpha value is -2.46. The summed E-state index contributed by atoms with van der Waals surface area (Å²) in [7, 11) is -2.75. The summed E-state index contributed by atoms with van der Waals surface area (Å²) in [5, 5.41) is 11.1. The average Bonchev–Trinajstić information content (AvgIpc) is 2.90. The number of sulfonamides is 1. The van der Waals surface area contributed by atoms with Gasteiger partial charge in [0.05, 0.1) is 11.5 Å². The molecule has 3 N–H and O–H groups in total. The zero-order chi connectivity index (χ0) is 15.6. The first-order chi connectivity index (χ1) is 9.84. The third-order valence-corrected chi connectivity index (χ3v) is 4.66. The third-order valence-electron chi connectivity index (χ3n) is 2.83. The lowest BCUT2D eigenvalue weighted by atomic mass is 10.3. The number of benzene rings is 1. The normalized spacial score (nSPS) is 11.7. The Morgan fingerprint density at radius 3 is 2.76 bits per heavy atom. The highest BCUT2D eigenvalue weighted by molar-refractivity contribution is 7.89. The predicted octanol–water partition coefficient (Wildman–Crippen LogP) is 0.721. The maximum Gasteiger partial charge on any atom is 0.312 e. The van der Waals surface area contributed by atoms with Crippen molar-refractivity contribution in [3.05, 3.63) is 46.5 Å². The maximum absolute atomic E-state index is 12.5. The molecule has 1 aromatic heterocycles. The van der Waals surface area contributed by atoms with Gasteiger partial charge in [0.1, 0.15) is 11.5 Å². The molecule has 0 saturated carbocycles. The van der Waals surface area contributed by atoms with E-state index in [-0.39, 0.29) is 12.2 Å². The van der Waals surface area contributed by atoms with Crippen LogP contribution in [0.1, 0.15) is 5.82 Å². The predicted molar refractivity (Wildman–Crippen MR) is 74.7 cm³/mol. The van der Waals surface area contributed by atoms with Crippen LogP contribution in [0.15, 0.2) is 35.5 Å². The lowest BCUT2D eigenvalue weighted by Gasteiger charge is -2.16. The Bertz CT molecular complexity index is 757. The molecule has 1 aromatic carbocycles. The van der Waals surface area contributed by atoms with E-state index in [9.17, 15) is 18.5 Å². The molecule has 112 valence electrons. The maximum atomic E-state index is 12.5. The summed E-state index contributed by atoms with van der Waals surface area (Å²) >= 11 is 0. The Morgan fingerprint density at radius 1 is 1.48 bits per heavy atom. The summed E-state index contributed by atoms with van der Waals surface area (Å²) in [6.07, 6.45) is 3.04. The number of nitrogens with zero attached hydrogens (tertiary/aromatic N) is 3. The first kappa shape index (κ1) is 14.9. The highest BCUT2D eigenvalue weighted by Gasteiger charge is 2.31. The lowest BCUT2D eigenvalue weighted by molar-refractivity contribution is -0.386. The van der Waals surface area contributed by atoms with Crippen molar-refractivity contribution in [2.24, 2.45) is 0 Å². The molecule has 1 heterocycles. The SMILES string of the molecule is CN(Cc1ncc[nH]1)S(=O)(=O)c1cccc(N)c1[N+](=O)[O-]. The molecule has 0 aliphatic rings. The summed E-state index contributed by atoms with van der Waals surface area (Å²) in [4.78, 5) is 16.5. The minimum absolute atomic E-state index is 0.0404. The molecule has 9 nitrogen and oxygen atoms in total. The number of aromatic nitrogens is 2. The van der Waals surface area contributed by atoms with Gasteiger partial charge < -0.3 is 10.7 Å². The van der Waals surface area contributed by atoms with Crippen molar-refractivity contribution in [3.8, 4) is 0 Å². The molecular formula is C11H13N5O4S. The highest BCUT2D eigenvalue weighted by atomic mass is 32.2. The number of hydrogen-bond acceptors (Lipinski definition) is 6. The molecule has 0 radical (unpaired) electrons. The van der Waals surface area contributed by atoms with Crippen molar-refractivity contribution in [2.75, 3.05) is 12.8 Å². The van der Waals surface area contributed by atoms with Gasteiger partial charge in [0.2, 0.25) is 10.0 Å². The molecule has 0 atom stereocenters. The van der Waals surface area contributed by atoms with Gasteiger partial charge in [0, 0.05) is 19.4 Å². The van der Waals surface area contributed by atoms with Crippen molar-refractivity contribution in [3.63, 3.8) is 0 Å². The fraction of sp³-hybridized carbons (Fsp3) is 0.182. The Labute approximate surface area is 120 Å². The number of H-pyrrole nitrogens is 1. The van der Waals surface area contributed by atoms with Crippen molar-refractivity contribution in [2.45, 2.75) is 11.4 Å². The van der Waals surface area contributed by atoms with Gasteiger partial charge in [-0.25, -0.2) is 13.4 Å². The van der Waals surface area contributed by atoms with Crippen LogP contribution >= 0.6 is 0 Å². The van der Waals surface area contributed by atoms with Crippen LogP contribution in [0.25, 0.3) is 0 Å². The zero-order valence-electron chi connectivity index (χ0n) is 11.1. The van der Waals surface area contributed by atoms with Crippen molar-refractivity contribution in [1.29, 1.82) is 0 Å². The van der Waals surface area contributed by atoms with Gasteiger partial charge >= 0.3 is 5.69 Å². The van der Waals surface area contributed by atoms with Gasteiger partial charge in [0.15, 0.2) is 4.90 Å². The minimum Gasteiger partial charge on any atom is -0.393 e. The number of aromatic amines is 1. The quantitative estimate of drug-likeness (QED) is 0.474. The van der Waals surface area contributed by atoms with E-state index in [1.54, 1.807) is 6.20 Å². The van der Waals surface area contributed by atoms with Crippen LogP contribution in [0.4, 0.5) is 11.4 Å². The first-order valence-corrected chi connectivity index (χ1v) is 7.25. The summed E-state index contributed by atoms with van der Waals surface area (Å²) in [6.45, 7) is -0.0404. The molecule has 2 rings (SSSR count). The van der Waals surface area contributed by atoms with Crippen molar-refractivity contribution >= 4 is 21.4 Å². The topological polar surface area (TPSA) is 135 Å². The van der Waals surface area contributed by atoms with E-state index in [2.05, 4.69) is 9.97 Å². The van der Waals surface area contributed by atoms with E-state index < -0.39 is 25.5 Å². The lowest BCUT2D eigenvalue weighted by Crippen LogP contribution is -2.27. The van der Waals surface area contributed by atoms with Crippen LogP contribution < -0.4 is 5.73 Å². The van der Waals surface area contributed by atoms with Crippen LogP contribution in [-0.2, 0) is 16.6 Å². The molecular weight excluding hydrogens is 298 g/mol. The zero-order valence-corrected chi connectivity index (χ0v) is 11.9. The second kappa shape index (κ2) is 5.50. The molecule has 0 spiro atoms. The second-order valence-corrected chi connectivity index (χ2v) is 6.26. The summed E-state index contributed by atoms with van der Waals surface area (Å²) in [6, 6.07) is 3.79. The van der Waals surface area contributed by atoms with E-state index in [4.69, 9.17) is 5.73 Å². The van der Waals surface area contributed by atoms with E-state index in [1.807, 2.05) is 0 Å². The largest absolute Gasteiger partial charge is 0.393 e. The van der Waals surface area contributed by atoms with Gasteiger partial charge in [-0.05, 0) is 12.1 Å². The van der Waals surface area contributed by atoms with Crippen LogP contribution in [0.3, 0.4) is 0 Å². The number of imidazole rings is 1.